The first-order valence-corrected chi connectivity index (χ1v) is 11.2. The molecule has 0 unspecified atom stereocenters. The van der Waals surface area contributed by atoms with Crippen molar-refractivity contribution in [1.29, 1.82) is 5.26 Å². The first-order valence-electron chi connectivity index (χ1n) is 10.5. The van der Waals surface area contributed by atoms with E-state index < -0.39 is 4.92 Å². The summed E-state index contributed by atoms with van der Waals surface area (Å²) in [5.41, 5.74) is 3.62. The minimum absolute atomic E-state index is 0.00949. The van der Waals surface area contributed by atoms with Gasteiger partial charge in [0.05, 0.1) is 27.2 Å². The molecule has 7 nitrogen and oxygen atoms in total. The van der Waals surface area contributed by atoms with Crippen LogP contribution in [0.2, 0.25) is 0 Å². The lowest BCUT2D eigenvalue weighted by Gasteiger charge is -2.08. The normalized spacial score (nSPS) is 13.4. The Hall–Kier alpha value is -3.44. The lowest BCUT2D eigenvalue weighted by Crippen LogP contribution is -2.07. The molecule has 1 saturated carbocycles. The lowest BCUT2D eigenvalue weighted by atomic mass is 10.1. The number of hydrogen-bond donors (Lipinski definition) is 0. The first kappa shape index (κ1) is 20.5. The molecule has 160 valence electrons. The van der Waals surface area contributed by atoms with E-state index in [2.05, 4.69) is 22.0 Å². The Bertz CT molecular complexity index is 1410. The Balaban J connectivity index is 1.57. The quantitative estimate of drug-likeness (QED) is 0.178. The molecule has 1 aliphatic carbocycles. The number of nitro groups is 1. The number of para-hydroxylation sites is 1. The summed E-state index contributed by atoms with van der Waals surface area (Å²) >= 11 is 3.59. The van der Waals surface area contributed by atoms with Gasteiger partial charge in [0, 0.05) is 23.8 Å². The fraction of sp³-hybridized carbons (Fsp3) is 0.250. The Morgan fingerprint density at radius 3 is 2.78 bits per heavy atom. The van der Waals surface area contributed by atoms with Crippen LogP contribution in [0.4, 0.5) is 5.69 Å². The van der Waals surface area contributed by atoms with E-state index in [1.165, 1.54) is 6.07 Å². The van der Waals surface area contributed by atoms with Crippen molar-refractivity contribution in [3.63, 3.8) is 0 Å². The molecule has 2 heterocycles. The minimum Gasteiger partial charge on any atom is -0.455 e. The summed E-state index contributed by atoms with van der Waals surface area (Å²) < 4.78 is 8.67. The third-order valence-electron chi connectivity index (χ3n) is 5.84. The number of imidazole rings is 1. The summed E-state index contributed by atoms with van der Waals surface area (Å²) in [5.74, 6) is 1.75. The number of hydrogen-bond acceptors (Lipinski definition) is 5. The lowest BCUT2D eigenvalue weighted by molar-refractivity contribution is -0.384. The highest BCUT2D eigenvalue weighted by Crippen LogP contribution is 2.43. The molecule has 2 aromatic heterocycles. The number of rotatable bonds is 6. The van der Waals surface area contributed by atoms with E-state index in [4.69, 9.17) is 9.40 Å². The Morgan fingerprint density at radius 2 is 2.09 bits per heavy atom. The molecule has 0 aliphatic heterocycles. The van der Waals surface area contributed by atoms with Gasteiger partial charge in [0.25, 0.3) is 5.69 Å². The van der Waals surface area contributed by atoms with Crippen LogP contribution in [0.15, 0.2) is 51.4 Å². The molecule has 0 amide bonds. The number of fused-ring (bicyclic) bond motifs is 1. The largest absolute Gasteiger partial charge is 0.455 e. The molecule has 0 spiro atoms. The Morgan fingerprint density at radius 1 is 1.31 bits per heavy atom. The van der Waals surface area contributed by atoms with Crippen LogP contribution in [0.25, 0.3) is 22.3 Å². The van der Waals surface area contributed by atoms with Crippen molar-refractivity contribution in [2.45, 2.75) is 38.6 Å². The van der Waals surface area contributed by atoms with E-state index in [-0.39, 0.29) is 5.69 Å². The van der Waals surface area contributed by atoms with Gasteiger partial charge in [0.2, 0.25) is 0 Å². The van der Waals surface area contributed by atoms with Crippen molar-refractivity contribution in [3.8, 4) is 17.4 Å². The Labute approximate surface area is 192 Å². The number of nitro benzene ring substituents is 1. The van der Waals surface area contributed by atoms with Crippen molar-refractivity contribution < 1.29 is 9.34 Å². The Kier molecular flexibility index (Phi) is 5.06. The van der Waals surface area contributed by atoms with Crippen LogP contribution in [0.5, 0.6) is 0 Å². The predicted molar refractivity (Wildman–Crippen MR) is 123 cm³/mol. The predicted octanol–water partition coefficient (Wildman–Crippen LogP) is 6.33. The van der Waals surface area contributed by atoms with Gasteiger partial charge in [-0.3, -0.25) is 10.1 Å². The minimum atomic E-state index is -0.410. The van der Waals surface area contributed by atoms with Gasteiger partial charge >= 0.3 is 0 Å². The summed E-state index contributed by atoms with van der Waals surface area (Å²) in [4.78, 5) is 15.8. The highest BCUT2D eigenvalue weighted by atomic mass is 79.9. The number of halogens is 1. The molecule has 1 fully saturated rings. The summed E-state index contributed by atoms with van der Waals surface area (Å²) in [7, 11) is 0. The summed E-state index contributed by atoms with van der Waals surface area (Å²) in [6, 6.07) is 14.7. The molecule has 0 atom stereocenters. The molecule has 1 aliphatic rings. The summed E-state index contributed by atoms with van der Waals surface area (Å²) in [6.45, 7) is 2.58. The molecule has 2 aromatic carbocycles. The molecule has 0 N–H and O–H groups in total. The monoisotopic (exact) mass is 491 g/mol. The maximum Gasteiger partial charge on any atom is 0.280 e. The molecule has 5 rings (SSSR count). The maximum atomic E-state index is 11.5. The third kappa shape index (κ3) is 3.39. The van der Waals surface area contributed by atoms with Crippen molar-refractivity contribution in [3.05, 3.63) is 79.8 Å². The second kappa shape index (κ2) is 7.92. The maximum absolute atomic E-state index is 11.5. The molecule has 0 bridgehead atoms. The van der Waals surface area contributed by atoms with Crippen LogP contribution in [0.3, 0.4) is 0 Å². The van der Waals surface area contributed by atoms with Crippen LogP contribution >= 0.6 is 15.9 Å². The third-order valence-corrected chi connectivity index (χ3v) is 6.62. The van der Waals surface area contributed by atoms with Gasteiger partial charge in [-0.2, -0.15) is 5.26 Å². The zero-order valence-electron chi connectivity index (χ0n) is 17.3. The van der Waals surface area contributed by atoms with E-state index >= 15 is 0 Å². The average Bonchev–Trinajstić information content (AvgIpc) is 3.52. The smallest absolute Gasteiger partial charge is 0.280 e. The van der Waals surface area contributed by atoms with Crippen LogP contribution in [0.1, 0.15) is 48.5 Å². The second-order valence-electron chi connectivity index (χ2n) is 7.94. The molecule has 0 saturated heterocycles. The topological polar surface area (TPSA) is 97.9 Å². The standard InChI is InChI=1S/C24H19BrN4O3/c1-2-21-27-23(15-8-9-15)19(12-26)28(21)13-14-7-10-20-17(11-14)22(25)24(32-20)16-5-3-4-6-18(16)29(30)31/h3-7,10-11,15H,2,8-9,13H2,1H3/i12+1. The summed E-state index contributed by atoms with van der Waals surface area (Å²) in [5, 5.41) is 22.1. The molecular weight excluding hydrogens is 473 g/mol. The van der Waals surface area contributed by atoms with Crippen LogP contribution < -0.4 is 0 Å². The zero-order chi connectivity index (χ0) is 22.4. The first-order chi connectivity index (χ1) is 15.5. The van der Waals surface area contributed by atoms with E-state index in [0.29, 0.717) is 39.5 Å². The fourth-order valence-corrected chi connectivity index (χ4v) is 4.72. The van der Waals surface area contributed by atoms with Crippen molar-refractivity contribution >= 4 is 32.6 Å². The second-order valence-corrected chi connectivity index (χ2v) is 8.73. The average molecular weight is 492 g/mol. The molecule has 32 heavy (non-hydrogen) atoms. The van der Waals surface area contributed by atoms with Crippen molar-refractivity contribution in [2.24, 2.45) is 0 Å². The van der Waals surface area contributed by atoms with E-state index in [9.17, 15) is 15.4 Å². The highest BCUT2D eigenvalue weighted by molar-refractivity contribution is 9.10. The van der Waals surface area contributed by atoms with Gasteiger partial charge in [0.1, 0.15) is 23.2 Å². The van der Waals surface area contributed by atoms with E-state index in [1.54, 1.807) is 18.2 Å². The number of nitriles is 1. The van der Waals surface area contributed by atoms with Crippen LogP contribution in [-0.2, 0) is 13.0 Å². The molecular formula is C24H19BrN4O3. The highest BCUT2D eigenvalue weighted by Gasteiger charge is 2.31. The van der Waals surface area contributed by atoms with Crippen molar-refractivity contribution in [1.82, 2.24) is 9.55 Å². The number of benzene rings is 2. The van der Waals surface area contributed by atoms with Gasteiger partial charge in [-0.15, -0.1) is 0 Å². The zero-order valence-corrected chi connectivity index (χ0v) is 18.9. The van der Waals surface area contributed by atoms with Crippen LogP contribution in [-0.4, -0.2) is 14.5 Å². The van der Waals surface area contributed by atoms with Gasteiger partial charge < -0.3 is 8.98 Å². The number of nitrogens with zero attached hydrogens (tertiary/aromatic N) is 4. The van der Waals surface area contributed by atoms with Gasteiger partial charge in [-0.05, 0) is 52.5 Å². The molecule has 4 aromatic rings. The van der Waals surface area contributed by atoms with E-state index in [0.717, 1.165) is 41.7 Å². The van der Waals surface area contributed by atoms with Gasteiger partial charge in [0.15, 0.2) is 5.76 Å². The van der Waals surface area contributed by atoms with E-state index in [1.807, 2.05) is 29.7 Å². The number of furan rings is 1. The SMILES string of the molecule is CCc1nc(C2CC2)c([13C]#N)n1Cc1ccc2oc(-c3ccccc3[N+](=O)[O-])c(Br)c2c1. The summed E-state index contributed by atoms with van der Waals surface area (Å²) in [6.07, 6.45) is 2.94. The molecule has 8 heteroatoms. The van der Waals surface area contributed by atoms with Crippen LogP contribution in [0, 0.1) is 21.4 Å². The number of aryl methyl sites for hydroxylation is 1. The van der Waals surface area contributed by atoms with Gasteiger partial charge in [-0.1, -0.05) is 25.1 Å². The van der Waals surface area contributed by atoms with Gasteiger partial charge in [-0.25, -0.2) is 4.98 Å². The van der Waals surface area contributed by atoms with Crippen molar-refractivity contribution in [2.75, 3.05) is 0 Å². The molecule has 0 radical (unpaired) electrons. The number of aromatic nitrogens is 2. The fourth-order valence-electron chi connectivity index (χ4n) is 4.11.